The summed E-state index contributed by atoms with van der Waals surface area (Å²) in [7, 11) is 0. The van der Waals surface area contributed by atoms with E-state index in [9.17, 15) is 4.79 Å². The van der Waals surface area contributed by atoms with E-state index in [1.807, 2.05) is 0 Å². The summed E-state index contributed by atoms with van der Waals surface area (Å²) in [5.74, 6) is 0.963. The summed E-state index contributed by atoms with van der Waals surface area (Å²) in [5.41, 5.74) is 0.766. The van der Waals surface area contributed by atoms with Gasteiger partial charge in [-0.1, -0.05) is 5.16 Å². The molecule has 1 aliphatic rings. The Morgan fingerprint density at radius 1 is 1.50 bits per heavy atom. The van der Waals surface area contributed by atoms with Crippen LogP contribution in [0, 0.1) is 0 Å². The molecule has 0 bridgehead atoms. The van der Waals surface area contributed by atoms with E-state index in [2.05, 4.69) is 20.8 Å². The fourth-order valence-electron chi connectivity index (χ4n) is 2.36. The molecular formula is C14H19ClN4O3. The second-order valence-electron chi connectivity index (χ2n) is 5.13. The molecule has 7 nitrogen and oxygen atoms in total. The molecule has 0 aliphatic carbocycles. The van der Waals surface area contributed by atoms with Crippen LogP contribution >= 0.6 is 12.4 Å². The summed E-state index contributed by atoms with van der Waals surface area (Å²) < 4.78 is 10.1. The number of piperidine rings is 1. The van der Waals surface area contributed by atoms with Gasteiger partial charge in [0.1, 0.15) is 6.26 Å². The van der Waals surface area contributed by atoms with E-state index in [0.29, 0.717) is 24.6 Å². The summed E-state index contributed by atoms with van der Waals surface area (Å²) in [6.07, 6.45) is 6.03. The zero-order valence-corrected chi connectivity index (χ0v) is 12.9. The minimum atomic E-state index is 0. The Hall–Kier alpha value is -1.86. The molecule has 2 aromatic rings. The van der Waals surface area contributed by atoms with E-state index < -0.39 is 0 Å². The minimum absolute atomic E-state index is 0. The SMILES string of the molecule is Cl.O=C(CCc1nc(-c2ccoc2)no1)N[C@H]1CCCNC1. The van der Waals surface area contributed by atoms with Crippen LogP contribution in [0.25, 0.3) is 11.4 Å². The maximum atomic E-state index is 11.9. The average Bonchev–Trinajstić information content (AvgIpc) is 3.17. The van der Waals surface area contributed by atoms with Crippen molar-refractivity contribution in [3.05, 3.63) is 24.5 Å². The van der Waals surface area contributed by atoms with E-state index >= 15 is 0 Å². The highest BCUT2D eigenvalue weighted by Crippen LogP contribution is 2.16. The maximum Gasteiger partial charge on any atom is 0.227 e. The third kappa shape index (κ3) is 4.32. The van der Waals surface area contributed by atoms with Gasteiger partial charge in [0.2, 0.25) is 17.6 Å². The first kappa shape index (κ1) is 16.5. The van der Waals surface area contributed by atoms with E-state index in [0.717, 1.165) is 31.5 Å². The first-order valence-corrected chi connectivity index (χ1v) is 7.16. The van der Waals surface area contributed by atoms with Gasteiger partial charge in [-0.05, 0) is 25.5 Å². The second kappa shape index (κ2) is 7.95. The molecule has 0 saturated carbocycles. The number of halogens is 1. The molecule has 0 aromatic carbocycles. The summed E-state index contributed by atoms with van der Waals surface area (Å²) in [4.78, 5) is 16.1. The molecule has 2 aromatic heterocycles. The molecule has 0 radical (unpaired) electrons. The van der Waals surface area contributed by atoms with E-state index in [1.165, 1.54) is 0 Å². The number of amides is 1. The Balaban J connectivity index is 0.00000176. The number of hydrogen-bond donors (Lipinski definition) is 2. The molecule has 1 saturated heterocycles. The third-order valence-electron chi connectivity index (χ3n) is 3.48. The van der Waals surface area contributed by atoms with Crippen molar-refractivity contribution in [2.45, 2.75) is 31.7 Å². The van der Waals surface area contributed by atoms with Crippen LogP contribution in [-0.2, 0) is 11.2 Å². The predicted molar refractivity (Wildman–Crippen MR) is 81.6 cm³/mol. The first-order chi connectivity index (χ1) is 10.3. The van der Waals surface area contributed by atoms with Gasteiger partial charge in [-0.2, -0.15) is 4.98 Å². The zero-order chi connectivity index (χ0) is 14.5. The molecule has 1 amide bonds. The fraction of sp³-hybridized carbons (Fsp3) is 0.500. The molecule has 3 rings (SSSR count). The van der Waals surface area contributed by atoms with Crippen molar-refractivity contribution in [1.82, 2.24) is 20.8 Å². The Labute approximate surface area is 134 Å². The van der Waals surface area contributed by atoms with E-state index in [-0.39, 0.29) is 24.4 Å². The van der Waals surface area contributed by atoms with Crippen LogP contribution in [0.15, 0.2) is 27.5 Å². The number of carbonyl (C=O) groups excluding carboxylic acids is 1. The monoisotopic (exact) mass is 326 g/mol. The van der Waals surface area contributed by atoms with Crippen molar-refractivity contribution in [3.8, 4) is 11.4 Å². The predicted octanol–water partition coefficient (Wildman–Crippen LogP) is 1.55. The molecule has 0 spiro atoms. The van der Waals surface area contributed by atoms with Gasteiger partial charge in [0, 0.05) is 25.4 Å². The van der Waals surface area contributed by atoms with Gasteiger partial charge in [-0.25, -0.2) is 0 Å². The van der Waals surface area contributed by atoms with Crippen molar-refractivity contribution in [1.29, 1.82) is 0 Å². The highest BCUT2D eigenvalue weighted by molar-refractivity contribution is 5.85. The zero-order valence-electron chi connectivity index (χ0n) is 12.1. The van der Waals surface area contributed by atoms with E-state index in [4.69, 9.17) is 8.94 Å². The molecule has 0 unspecified atom stereocenters. The number of aryl methyl sites for hydroxylation is 1. The van der Waals surface area contributed by atoms with Crippen molar-refractivity contribution in [2.24, 2.45) is 0 Å². The van der Waals surface area contributed by atoms with Crippen molar-refractivity contribution in [2.75, 3.05) is 13.1 Å². The summed E-state index contributed by atoms with van der Waals surface area (Å²) >= 11 is 0. The summed E-state index contributed by atoms with van der Waals surface area (Å²) in [6, 6.07) is 1.99. The number of nitrogens with one attached hydrogen (secondary N) is 2. The lowest BCUT2D eigenvalue weighted by Crippen LogP contribution is -2.45. The molecule has 120 valence electrons. The number of rotatable bonds is 5. The van der Waals surface area contributed by atoms with E-state index in [1.54, 1.807) is 18.6 Å². The lowest BCUT2D eigenvalue weighted by molar-refractivity contribution is -0.121. The summed E-state index contributed by atoms with van der Waals surface area (Å²) in [5, 5.41) is 10.2. The molecule has 1 atom stereocenters. The highest BCUT2D eigenvalue weighted by atomic mass is 35.5. The maximum absolute atomic E-state index is 11.9. The van der Waals surface area contributed by atoms with Crippen LogP contribution in [0.4, 0.5) is 0 Å². The molecule has 3 heterocycles. The molecule has 1 aliphatic heterocycles. The fourth-order valence-corrected chi connectivity index (χ4v) is 2.36. The quantitative estimate of drug-likeness (QED) is 0.866. The van der Waals surface area contributed by atoms with Crippen LogP contribution in [-0.4, -0.2) is 35.2 Å². The van der Waals surface area contributed by atoms with Crippen LogP contribution in [0.5, 0.6) is 0 Å². The molecule has 22 heavy (non-hydrogen) atoms. The van der Waals surface area contributed by atoms with Crippen molar-refractivity contribution < 1.29 is 13.7 Å². The van der Waals surface area contributed by atoms with Gasteiger partial charge < -0.3 is 19.6 Å². The smallest absolute Gasteiger partial charge is 0.227 e. The topological polar surface area (TPSA) is 93.2 Å². The Kier molecular flexibility index (Phi) is 5.97. The number of carbonyl (C=O) groups is 1. The molecule has 1 fully saturated rings. The van der Waals surface area contributed by atoms with Gasteiger partial charge in [0.15, 0.2) is 0 Å². The highest BCUT2D eigenvalue weighted by Gasteiger charge is 2.16. The number of hydrogen-bond acceptors (Lipinski definition) is 6. The molecule has 8 heteroatoms. The molecular weight excluding hydrogens is 308 g/mol. The Bertz CT molecular complexity index is 579. The lowest BCUT2D eigenvalue weighted by Gasteiger charge is -2.23. The summed E-state index contributed by atoms with van der Waals surface area (Å²) in [6.45, 7) is 1.88. The van der Waals surface area contributed by atoms with Gasteiger partial charge >= 0.3 is 0 Å². The Morgan fingerprint density at radius 3 is 3.14 bits per heavy atom. The largest absolute Gasteiger partial charge is 0.472 e. The van der Waals surface area contributed by atoms with Crippen molar-refractivity contribution in [3.63, 3.8) is 0 Å². The third-order valence-corrected chi connectivity index (χ3v) is 3.48. The average molecular weight is 327 g/mol. The van der Waals surface area contributed by atoms with Gasteiger partial charge in [-0.3, -0.25) is 4.79 Å². The second-order valence-corrected chi connectivity index (χ2v) is 5.13. The Morgan fingerprint density at radius 2 is 2.41 bits per heavy atom. The lowest BCUT2D eigenvalue weighted by atomic mass is 10.1. The number of aromatic nitrogens is 2. The first-order valence-electron chi connectivity index (χ1n) is 7.16. The van der Waals surface area contributed by atoms with Crippen molar-refractivity contribution >= 4 is 18.3 Å². The normalized spacial score (nSPS) is 17.7. The molecule has 2 N–H and O–H groups in total. The van der Waals surface area contributed by atoms with Crippen LogP contribution in [0.3, 0.4) is 0 Å². The minimum Gasteiger partial charge on any atom is -0.472 e. The number of nitrogens with zero attached hydrogens (tertiary/aromatic N) is 2. The number of furan rings is 1. The van der Waals surface area contributed by atoms with Crippen LogP contribution in [0.2, 0.25) is 0 Å². The van der Waals surface area contributed by atoms with Crippen LogP contribution < -0.4 is 10.6 Å². The van der Waals surface area contributed by atoms with Gasteiger partial charge in [0.25, 0.3) is 0 Å². The van der Waals surface area contributed by atoms with Gasteiger partial charge in [-0.15, -0.1) is 12.4 Å². The van der Waals surface area contributed by atoms with Gasteiger partial charge in [0.05, 0.1) is 11.8 Å². The van der Waals surface area contributed by atoms with Crippen LogP contribution in [0.1, 0.15) is 25.2 Å². The standard InChI is InChI=1S/C14H18N4O3.ClH/c19-12(16-11-2-1-6-15-8-11)3-4-13-17-14(18-21-13)10-5-7-20-9-10;/h5,7,9,11,15H,1-4,6,8H2,(H,16,19);1H/t11-;/m0./s1.